The number of methoxy groups -OCH3 is 2. The maximum Gasteiger partial charge on any atom is 0.296 e. The Morgan fingerprint density at radius 2 is 1.87 bits per heavy atom. The van der Waals surface area contributed by atoms with Crippen molar-refractivity contribution in [1.29, 1.82) is 0 Å². The summed E-state index contributed by atoms with van der Waals surface area (Å²) in [7, 11) is 2.95. The quantitative estimate of drug-likeness (QED) is 0.510. The predicted molar refractivity (Wildman–Crippen MR) is 113 cm³/mol. The molecule has 2 N–H and O–H groups in total. The lowest BCUT2D eigenvalue weighted by Gasteiger charge is -2.09. The number of carbonyl (C=O) groups excluding carboxylic acids is 2. The van der Waals surface area contributed by atoms with Crippen LogP contribution in [-0.2, 0) is 9.59 Å². The van der Waals surface area contributed by atoms with Crippen LogP contribution >= 0.6 is 11.8 Å². The number of benzene rings is 2. The predicted octanol–water partition coefficient (Wildman–Crippen LogP) is 2.86. The van der Waals surface area contributed by atoms with Crippen molar-refractivity contribution in [2.24, 2.45) is 4.99 Å². The van der Waals surface area contributed by atoms with Gasteiger partial charge in [-0.2, -0.15) is 0 Å². The molecule has 0 aliphatic carbocycles. The Bertz CT molecular complexity index is 1010. The van der Waals surface area contributed by atoms with Crippen molar-refractivity contribution in [1.82, 2.24) is 5.32 Å². The number of nitrogens with one attached hydrogen (secondary N) is 2. The van der Waals surface area contributed by atoms with E-state index in [4.69, 9.17) is 9.47 Å². The van der Waals surface area contributed by atoms with Crippen LogP contribution < -0.4 is 20.1 Å². The molecule has 3 rings (SSSR count). The third-order valence-corrected chi connectivity index (χ3v) is 5.21. The molecule has 2 aromatic carbocycles. The fourth-order valence-corrected chi connectivity index (χ4v) is 3.62. The third kappa shape index (κ3) is 5.06. The highest BCUT2D eigenvalue weighted by atomic mass is 32.2. The minimum atomic E-state index is -0.695. The first-order valence-corrected chi connectivity index (χ1v) is 9.60. The minimum absolute atomic E-state index is 0.0290. The number of amidine groups is 1. The highest BCUT2D eigenvalue weighted by Crippen LogP contribution is 2.30. The van der Waals surface area contributed by atoms with E-state index in [1.807, 2.05) is 0 Å². The number of carbonyl (C=O) groups is 2. The van der Waals surface area contributed by atoms with E-state index in [1.54, 1.807) is 31.4 Å². The van der Waals surface area contributed by atoms with Crippen LogP contribution in [0.4, 0.5) is 17.1 Å². The first-order chi connectivity index (χ1) is 14.4. The molecule has 0 saturated carbocycles. The number of amides is 2. The number of nitrogens with zero attached hydrogens (tertiary/aromatic N) is 2. The summed E-state index contributed by atoms with van der Waals surface area (Å²) in [6, 6.07) is 11.1. The van der Waals surface area contributed by atoms with E-state index < -0.39 is 16.1 Å². The summed E-state index contributed by atoms with van der Waals surface area (Å²) in [6.07, 6.45) is -0.165. The van der Waals surface area contributed by atoms with Crippen LogP contribution in [0.3, 0.4) is 0 Å². The maximum absolute atomic E-state index is 12.4. The SMILES string of the molecule is COc1ccc(N=C2NC(=O)[C@@H](CC(=O)Nc3ccc(OC)cc3[N+](=O)[O-])S2)cc1. The summed E-state index contributed by atoms with van der Waals surface area (Å²) in [4.78, 5) is 39.5. The van der Waals surface area contributed by atoms with Crippen molar-refractivity contribution in [2.75, 3.05) is 19.5 Å². The van der Waals surface area contributed by atoms with Crippen LogP contribution in [0.5, 0.6) is 11.5 Å². The zero-order valence-electron chi connectivity index (χ0n) is 16.1. The largest absolute Gasteiger partial charge is 0.497 e. The Kier molecular flexibility index (Phi) is 6.52. The molecule has 10 nitrogen and oxygen atoms in total. The van der Waals surface area contributed by atoms with Gasteiger partial charge >= 0.3 is 0 Å². The van der Waals surface area contributed by atoms with Gasteiger partial charge in [-0.05, 0) is 36.4 Å². The maximum atomic E-state index is 12.4. The first-order valence-electron chi connectivity index (χ1n) is 8.72. The molecule has 11 heteroatoms. The number of anilines is 1. The van der Waals surface area contributed by atoms with Gasteiger partial charge < -0.3 is 20.1 Å². The van der Waals surface area contributed by atoms with Gasteiger partial charge in [0.25, 0.3) is 5.69 Å². The molecule has 1 fully saturated rings. The topological polar surface area (TPSA) is 132 Å². The molecule has 1 aliphatic rings. The van der Waals surface area contributed by atoms with Gasteiger partial charge in [-0.15, -0.1) is 0 Å². The van der Waals surface area contributed by atoms with Crippen LogP contribution in [0.25, 0.3) is 0 Å². The first kappa shape index (κ1) is 21.1. The number of ether oxygens (including phenoxy) is 2. The van der Waals surface area contributed by atoms with E-state index >= 15 is 0 Å². The van der Waals surface area contributed by atoms with Gasteiger partial charge in [-0.25, -0.2) is 4.99 Å². The summed E-state index contributed by atoms with van der Waals surface area (Å²) in [5.74, 6) is 0.0994. The van der Waals surface area contributed by atoms with Crippen molar-refractivity contribution in [3.8, 4) is 11.5 Å². The summed E-state index contributed by atoms with van der Waals surface area (Å²) in [5, 5.41) is 16.0. The van der Waals surface area contributed by atoms with Gasteiger partial charge in [-0.3, -0.25) is 19.7 Å². The lowest BCUT2D eigenvalue weighted by Crippen LogP contribution is -2.28. The molecule has 2 aromatic rings. The van der Waals surface area contributed by atoms with Gasteiger partial charge in [0.2, 0.25) is 11.8 Å². The average Bonchev–Trinajstić information content (AvgIpc) is 3.07. The Labute approximate surface area is 175 Å². The molecule has 1 atom stereocenters. The molecule has 0 spiro atoms. The van der Waals surface area contributed by atoms with Crippen molar-refractivity contribution in [2.45, 2.75) is 11.7 Å². The highest BCUT2D eigenvalue weighted by molar-refractivity contribution is 8.15. The Morgan fingerprint density at radius 3 is 2.50 bits per heavy atom. The zero-order chi connectivity index (χ0) is 21.7. The molecular formula is C19H18N4O6S. The summed E-state index contributed by atoms with van der Waals surface area (Å²) < 4.78 is 10.1. The fourth-order valence-electron chi connectivity index (χ4n) is 2.63. The van der Waals surface area contributed by atoms with E-state index in [0.717, 1.165) is 11.8 Å². The molecule has 0 bridgehead atoms. The summed E-state index contributed by atoms with van der Waals surface area (Å²) in [5.41, 5.74) is 0.354. The molecule has 1 heterocycles. The summed E-state index contributed by atoms with van der Waals surface area (Å²) in [6.45, 7) is 0. The molecule has 0 aromatic heterocycles. The van der Waals surface area contributed by atoms with E-state index in [9.17, 15) is 19.7 Å². The smallest absolute Gasteiger partial charge is 0.296 e. The molecule has 30 heavy (non-hydrogen) atoms. The summed E-state index contributed by atoms with van der Waals surface area (Å²) >= 11 is 1.12. The number of nitro benzene ring substituents is 1. The molecule has 2 amide bonds. The minimum Gasteiger partial charge on any atom is -0.497 e. The van der Waals surface area contributed by atoms with E-state index in [2.05, 4.69) is 15.6 Å². The standard InChI is InChI=1S/C19H18N4O6S/c1-28-12-5-3-11(4-6-12)20-19-22-18(25)16(30-19)10-17(24)21-14-8-7-13(29-2)9-15(14)23(26)27/h3-9,16H,10H2,1-2H3,(H,21,24)(H,20,22,25)/t16-/m1/s1. The van der Waals surface area contributed by atoms with Crippen LogP contribution in [-0.4, -0.2) is 41.4 Å². The van der Waals surface area contributed by atoms with Crippen molar-refractivity contribution >= 4 is 45.8 Å². The van der Waals surface area contributed by atoms with Crippen molar-refractivity contribution < 1.29 is 24.0 Å². The van der Waals surface area contributed by atoms with Crippen LogP contribution in [0.15, 0.2) is 47.5 Å². The second-order valence-electron chi connectivity index (χ2n) is 6.10. The number of aliphatic imine (C=N–C) groups is 1. The number of hydrogen-bond acceptors (Lipinski definition) is 8. The van der Waals surface area contributed by atoms with Crippen LogP contribution in [0.2, 0.25) is 0 Å². The number of rotatable bonds is 7. The Balaban J connectivity index is 1.65. The van der Waals surface area contributed by atoms with E-state index in [-0.39, 0.29) is 23.7 Å². The molecule has 0 radical (unpaired) electrons. The Hall–Kier alpha value is -3.60. The molecule has 0 unspecified atom stereocenters. The Morgan fingerprint density at radius 1 is 1.20 bits per heavy atom. The second kappa shape index (κ2) is 9.27. The number of hydrogen-bond donors (Lipinski definition) is 2. The lowest BCUT2D eigenvalue weighted by molar-refractivity contribution is -0.384. The third-order valence-electron chi connectivity index (χ3n) is 4.13. The van der Waals surface area contributed by atoms with Crippen molar-refractivity contribution in [3.63, 3.8) is 0 Å². The average molecular weight is 430 g/mol. The highest BCUT2D eigenvalue weighted by Gasteiger charge is 2.32. The molecule has 156 valence electrons. The molecule has 1 aliphatic heterocycles. The van der Waals surface area contributed by atoms with Gasteiger partial charge in [0, 0.05) is 6.42 Å². The molecular weight excluding hydrogens is 412 g/mol. The van der Waals surface area contributed by atoms with Crippen molar-refractivity contribution in [3.05, 3.63) is 52.6 Å². The monoisotopic (exact) mass is 430 g/mol. The lowest BCUT2D eigenvalue weighted by atomic mass is 10.2. The van der Waals surface area contributed by atoms with E-state index in [1.165, 1.54) is 25.3 Å². The van der Waals surface area contributed by atoms with Gasteiger partial charge in [0.05, 0.1) is 30.9 Å². The second-order valence-corrected chi connectivity index (χ2v) is 7.29. The zero-order valence-corrected chi connectivity index (χ0v) is 16.9. The molecule has 1 saturated heterocycles. The van der Waals surface area contributed by atoms with Gasteiger partial charge in [0.1, 0.15) is 22.4 Å². The van der Waals surface area contributed by atoms with Gasteiger partial charge in [-0.1, -0.05) is 11.8 Å². The van der Waals surface area contributed by atoms with Crippen LogP contribution in [0.1, 0.15) is 6.42 Å². The van der Waals surface area contributed by atoms with E-state index in [0.29, 0.717) is 22.4 Å². The van der Waals surface area contributed by atoms with Crippen LogP contribution in [0, 0.1) is 10.1 Å². The fraction of sp³-hybridized carbons (Fsp3) is 0.211. The van der Waals surface area contributed by atoms with Gasteiger partial charge in [0.15, 0.2) is 5.17 Å². The number of thioether (sulfide) groups is 1. The normalized spacial score (nSPS) is 16.8. The number of nitro groups is 1.